The highest BCUT2D eigenvalue weighted by molar-refractivity contribution is 5.84. The van der Waals surface area contributed by atoms with Gasteiger partial charge in [-0.1, -0.05) is 24.3 Å². The number of piperidine rings is 1. The molecule has 20 heavy (non-hydrogen) atoms. The molecular formula is C17H21NO2. The van der Waals surface area contributed by atoms with Gasteiger partial charge in [0.25, 0.3) is 0 Å². The van der Waals surface area contributed by atoms with Crippen LogP contribution in [-0.2, 0) is 11.2 Å². The Morgan fingerprint density at radius 1 is 1.15 bits per heavy atom. The maximum absolute atomic E-state index is 12.7. The summed E-state index contributed by atoms with van der Waals surface area (Å²) >= 11 is 0. The minimum Gasteiger partial charge on any atom is -0.393 e. The van der Waals surface area contributed by atoms with Crippen molar-refractivity contribution in [3.63, 3.8) is 0 Å². The Balaban J connectivity index is 1.51. The van der Waals surface area contributed by atoms with Crippen molar-refractivity contribution >= 4 is 5.91 Å². The zero-order valence-corrected chi connectivity index (χ0v) is 11.7. The Morgan fingerprint density at radius 3 is 2.70 bits per heavy atom. The number of carbonyl (C=O) groups excluding carboxylic acids is 1. The van der Waals surface area contributed by atoms with Gasteiger partial charge in [-0.2, -0.15) is 0 Å². The van der Waals surface area contributed by atoms with Crippen LogP contribution >= 0.6 is 0 Å². The molecule has 1 aromatic carbocycles. The molecule has 0 radical (unpaired) electrons. The van der Waals surface area contributed by atoms with Crippen LogP contribution in [0.1, 0.15) is 36.3 Å². The van der Waals surface area contributed by atoms with Crippen molar-refractivity contribution in [3.8, 4) is 0 Å². The van der Waals surface area contributed by atoms with Gasteiger partial charge >= 0.3 is 0 Å². The van der Waals surface area contributed by atoms with Crippen molar-refractivity contribution < 1.29 is 9.90 Å². The quantitative estimate of drug-likeness (QED) is 0.848. The summed E-state index contributed by atoms with van der Waals surface area (Å²) in [5.41, 5.74) is 2.86. The van der Waals surface area contributed by atoms with Crippen LogP contribution in [0.3, 0.4) is 0 Å². The number of carbonyl (C=O) groups is 1. The largest absolute Gasteiger partial charge is 0.393 e. The summed E-state index contributed by atoms with van der Waals surface area (Å²) in [4.78, 5) is 14.7. The molecule has 4 rings (SSSR count). The van der Waals surface area contributed by atoms with Crippen LogP contribution in [0.5, 0.6) is 0 Å². The average Bonchev–Trinajstić information content (AvgIpc) is 3.22. The SMILES string of the molecule is O=C(C1C2CCc3ccccc3C21)N1CCC(O)CC1. The number of rotatable bonds is 1. The molecule has 3 unspecified atom stereocenters. The molecule has 106 valence electrons. The summed E-state index contributed by atoms with van der Waals surface area (Å²) in [6.07, 6.45) is 3.56. The Bertz CT molecular complexity index is 534. The van der Waals surface area contributed by atoms with E-state index in [9.17, 15) is 9.90 Å². The number of aryl methyl sites for hydroxylation is 1. The van der Waals surface area contributed by atoms with Gasteiger partial charge in [0.15, 0.2) is 0 Å². The lowest BCUT2D eigenvalue weighted by Crippen LogP contribution is -2.41. The van der Waals surface area contributed by atoms with Gasteiger partial charge in [-0.25, -0.2) is 0 Å². The van der Waals surface area contributed by atoms with E-state index in [2.05, 4.69) is 24.3 Å². The van der Waals surface area contributed by atoms with Crippen molar-refractivity contribution in [1.82, 2.24) is 4.90 Å². The first kappa shape index (κ1) is 12.4. The molecule has 3 nitrogen and oxygen atoms in total. The minimum atomic E-state index is -0.207. The number of fused-ring (bicyclic) bond motifs is 3. The standard InChI is InChI=1S/C17H21NO2/c19-12-7-9-18(10-8-12)17(20)16-14-6-5-11-3-1-2-4-13(11)15(14)16/h1-4,12,14-16,19H,5-10H2. The van der Waals surface area contributed by atoms with Crippen LogP contribution in [0.4, 0.5) is 0 Å². The summed E-state index contributed by atoms with van der Waals surface area (Å²) in [7, 11) is 0. The lowest BCUT2D eigenvalue weighted by Gasteiger charge is -2.30. The van der Waals surface area contributed by atoms with Crippen LogP contribution in [0.15, 0.2) is 24.3 Å². The summed E-state index contributed by atoms with van der Waals surface area (Å²) in [6.45, 7) is 1.47. The van der Waals surface area contributed by atoms with Crippen LogP contribution in [-0.4, -0.2) is 35.1 Å². The highest BCUT2D eigenvalue weighted by Gasteiger charge is 2.57. The van der Waals surface area contributed by atoms with E-state index >= 15 is 0 Å². The van der Waals surface area contributed by atoms with Gasteiger partial charge in [-0.15, -0.1) is 0 Å². The van der Waals surface area contributed by atoms with Crippen molar-refractivity contribution in [3.05, 3.63) is 35.4 Å². The van der Waals surface area contributed by atoms with E-state index in [0.29, 0.717) is 17.7 Å². The second kappa shape index (κ2) is 4.59. The van der Waals surface area contributed by atoms with Crippen LogP contribution in [0.2, 0.25) is 0 Å². The zero-order chi connectivity index (χ0) is 13.7. The van der Waals surface area contributed by atoms with E-state index in [-0.39, 0.29) is 12.0 Å². The van der Waals surface area contributed by atoms with E-state index in [1.54, 1.807) is 0 Å². The topological polar surface area (TPSA) is 40.5 Å². The van der Waals surface area contributed by atoms with Gasteiger partial charge in [0.2, 0.25) is 5.91 Å². The fourth-order valence-corrected chi connectivity index (χ4v) is 4.20. The van der Waals surface area contributed by atoms with E-state index in [0.717, 1.165) is 38.8 Å². The molecule has 1 heterocycles. The number of aliphatic hydroxyl groups excluding tert-OH is 1. The van der Waals surface area contributed by atoms with Crippen LogP contribution < -0.4 is 0 Å². The third-order valence-corrected chi connectivity index (χ3v) is 5.39. The second-order valence-electron chi connectivity index (χ2n) is 6.51. The molecule has 3 atom stereocenters. The lowest BCUT2D eigenvalue weighted by atomic mass is 9.92. The monoisotopic (exact) mass is 271 g/mol. The molecule has 1 aromatic rings. The number of likely N-dealkylation sites (tertiary alicyclic amines) is 1. The van der Waals surface area contributed by atoms with Gasteiger partial charge in [0.1, 0.15) is 0 Å². The summed E-state index contributed by atoms with van der Waals surface area (Å²) in [6, 6.07) is 8.62. The molecule has 3 heteroatoms. The first-order valence-corrected chi connectivity index (χ1v) is 7.80. The fourth-order valence-electron chi connectivity index (χ4n) is 4.20. The second-order valence-corrected chi connectivity index (χ2v) is 6.51. The van der Waals surface area contributed by atoms with Crippen LogP contribution in [0.25, 0.3) is 0 Å². The molecule has 2 fully saturated rings. The summed E-state index contributed by atoms with van der Waals surface area (Å²) in [5.74, 6) is 1.60. The Labute approximate surface area is 119 Å². The van der Waals surface area contributed by atoms with Crippen molar-refractivity contribution in [2.24, 2.45) is 11.8 Å². The maximum Gasteiger partial charge on any atom is 0.226 e. The number of hydrogen-bond acceptors (Lipinski definition) is 2. The molecule has 0 bridgehead atoms. The third-order valence-electron chi connectivity index (χ3n) is 5.39. The van der Waals surface area contributed by atoms with E-state index in [1.807, 2.05) is 4.90 Å². The lowest BCUT2D eigenvalue weighted by molar-refractivity contribution is -0.135. The zero-order valence-electron chi connectivity index (χ0n) is 11.7. The molecule has 3 aliphatic rings. The van der Waals surface area contributed by atoms with Gasteiger partial charge in [-0.3, -0.25) is 4.79 Å². The van der Waals surface area contributed by atoms with Gasteiger partial charge in [-0.05, 0) is 48.6 Å². The highest BCUT2D eigenvalue weighted by Crippen LogP contribution is 2.60. The Hall–Kier alpha value is -1.35. The predicted molar refractivity (Wildman–Crippen MR) is 76.3 cm³/mol. The Kier molecular flexibility index (Phi) is 2.84. The molecular weight excluding hydrogens is 250 g/mol. The number of benzene rings is 1. The fraction of sp³-hybridized carbons (Fsp3) is 0.588. The normalized spacial score (nSPS) is 32.5. The third kappa shape index (κ3) is 1.87. The van der Waals surface area contributed by atoms with Gasteiger partial charge in [0, 0.05) is 19.0 Å². The first-order chi connectivity index (χ1) is 9.75. The van der Waals surface area contributed by atoms with Crippen molar-refractivity contribution in [1.29, 1.82) is 0 Å². The number of nitrogens with zero attached hydrogens (tertiary/aromatic N) is 1. The van der Waals surface area contributed by atoms with E-state index in [4.69, 9.17) is 0 Å². The summed E-state index contributed by atoms with van der Waals surface area (Å²) in [5, 5.41) is 9.56. The van der Waals surface area contributed by atoms with Gasteiger partial charge < -0.3 is 10.0 Å². The summed E-state index contributed by atoms with van der Waals surface area (Å²) < 4.78 is 0. The van der Waals surface area contributed by atoms with Gasteiger partial charge in [0.05, 0.1) is 6.10 Å². The van der Waals surface area contributed by atoms with Crippen molar-refractivity contribution in [2.75, 3.05) is 13.1 Å². The molecule has 1 saturated heterocycles. The van der Waals surface area contributed by atoms with E-state index < -0.39 is 0 Å². The van der Waals surface area contributed by atoms with E-state index in [1.165, 1.54) is 11.1 Å². The molecule has 1 aliphatic heterocycles. The molecule has 0 aromatic heterocycles. The predicted octanol–water partition coefficient (Wildman–Crippen LogP) is 1.95. The number of amides is 1. The average molecular weight is 271 g/mol. The molecule has 1 amide bonds. The number of hydrogen-bond donors (Lipinski definition) is 1. The molecule has 1 saturated carbocycles. The molecule has 0 spiro atoms. The smallest absolute Gasteiger partial charge is 0.226 e. The number of aliphatic hydroxyl groups is 1. The highest BCUT2D eigenvalue weighted by atomic mass is 16.3. The van der Waals surface area contributed by atoms with Crippen LogP contribution in [0, 0.1) is 11.8 Å². The Morgan fingerprint density at radius 2 is 1.90 bits per heavy atom. The minimum absolute atomic E-state index is 0.207. The first-order valence-electron chi connectivity index (χ1n) is 7.80. The molecule has 2 aliphatic carbocycles. The van der Waals surface area contributed by atoms with Crippen molar-refractivity contribution in [2.45, 2.75) is 37.7 Å². The maximum atomic E-state index is 12.7. The molecule has 1 N–H and O–H groups in total.